The van der Waals surface area contributed by atoms with Crippen LogP contribution >= 0.6 is 0 Å². The Morgan fingerprint density at radius 3 is 2.88 bits per heavy atom. The number of anilines is 1. The van der Waals surface area contributed by atoms with Crippen LogP contribution in [0, 0.1) is 5.82 Å². The molecule has 0 N–H and O–H groups in total. The summed E-state index contributed by atoms with van der Waals surface area (Å²) in [7, 11) is 3.65. The Morgan fingerprint density at radius 2 is 2.12 bits per heavy atom. The van der Waals surface area contributed by atoms with Crippen molar-refractivity contribution in [2.24, 2.45) is 0 Å². The number of morpholine rings is 1. The Morgan fingerprint density at radius 1 is 1.28 bits per heavy atom. The number of hydrogen-bond donors (Lipinski definition) is 0. The summed E-state index contributed by atoms with van der Waals surface area (Å²) in [4.78, 5) is 40.8. The molecule has 1 saturated heterocycles. The first-order chi connectivity index (χ1) is 15.4. The fourth-order valence-electron chi connectivity index (χ4n) is 3.52. The van der Waals surface area contributed by atoms with Gasteiger partial charge in [0.2, 0.25) is 11.9 Å². The Balaban J connectivity index is 1.63. The van der Waals surface area contributed by atoms with Gasteiger partial charge in [-0.1, -0.05) is 12.1 Å². The molecule has 1 fully saturated rings. The van der Waals surface area contributed by atoms with Crippen molar-refractivity contribution < 1.29 is 13.9 Å². The second-order valence-electron chi connectivity index (χ2n) is 7.60. The van der Waals surface area contributed by atoms with Crippen LogP contribution in [-0.4, -0.2) is 64.1 Å². The van der Waals surface area contributed by atoms with Gasteiger partial charge in [-0.3, -0.25) is 9.36 Å². The molecule has 3 aromatic rings. The number of carbonyl (C=O) groups is 1. The third-order valence-electron chi connectivity index (χ3n) is 5.15. The molecule has 1 aliphatic rings. The van der Waals surface area contributed by atoms with Crippen LogP contribution < -0.4 is 10.6 Å². The summed E-state index contributed by atoms with van der Waals surface area (Å²) in [6.45, 7) is 0.844. The number of aromatic nitrogens is 4. The minimum absolute atomic E-state index is 0.108. The predicted molar refractivity (Wildman–Crippen MR) is 116 cm³/mol. The number of carbonyl (C=O) groups excluding carboxylic acids is 1. The Bertz CT molecular complexity index is 1180. The van der Waals surface area contributed by atoms with Gasteiger partial charge in [0.25, 0.3) is 0 Å². The van der Waals surface area contributed by atoms with E-state index in [-0.39, 0.29) is 24.8 Å². The van der Waals surface area contributed by atoms with Gasteiger partial charge in [0, 0.05) is 44.8 Å². The molecular weight excluding hydrogens is 415 g/mol. The number of nitrogens with zero attached hydrogens (tertiary/aromatic N) is 6. The molecule has 9 nitrogen and oxygen atoms in total. The second kappa shape index (κ2) is 9.23. The highest BCUT2D eigenvalue weighted by molar-refractivity contribution is 5.76. The first-order valence-corrected chi connectivity index (χ1v) is 10.1. The number of ether oxygens (including phenoxy) is 1. The van der Waals surface area contributed by atoms with E-state index in [1.54, 1.807) is 34.2 Å². The number of rotatable bonds is 5. The molecule has 0 spiro atoms. The van der Waals surface area contributed by atoms with Crippen molar-refractivity contribution in [1.29, 1.82) is 0 Å². The lowest BCUT2D eigenvalue weighted by molar-refractivity contribution is -0.139. The van der Waals surface area contributed by atoms with Crippen LogP contribution in [0.1, 0.15) is 11.8 Å². The smallest absolute Gasteiger partial charge is 0.347 e. The average Bonchev–Trinajstić information content (AvgIpc) is 2.80. The molecule has 2 aromatic heterocycles. The largest absolute Gasteiger partial charge is 0.368 e. The lowest BCUT2D eigenvalue weighted by Gasteiger charge is -2.33. The van der Waals surface area contributed by atoms with Crippen molar-refractivity contribution in [2.45, 2.75) is 12.6 Å². The van der Waals surface area contributed by atoms with Gasteiger partial charge < -0.3 is 14.5 Å². The maximum absolute atomic E-state index is 13.9. The van der Waals surface area contributed by atoms with Crippen molar-refractivity contribution in [3.05, 3.63) is 70.9 Å². The zero-order valence-electron chi connectivity index (χ0n) is 17.8. The van der Waals surface area contributed by atoms with Crippen LogP contribution in [0.15, 0.2) is 53.7 Å². The Hall–Kier alpha value is -3.66. The summed E-state index contributed by atoms with van der Waals surface area (Å²) in [6, 6.07) is 7.79. The quantitative estimate of drug-likeness (QED) is 0.596. The molecule has 1 amide bonds. The highest BCUT2D eigenvalue weighted by Gasteiger charge is 2.29. The topological polar surface area (TPSA) is 93.5 Å². The first kappa shape index (κ1) is 21.6. The average molecular weight is 438 g/mol. The lowest BCUT2D eigenvalue weighted by atomic mass is 10.0. The van der Waals surface area contributed by atoms with Gasteiger partial charge in [0.15, 0.2) is 0 Å². The van der Waals surface area contributed by atoms with Crippen molar-refractivity contribution in [1.82, 2.24) is 24.4 Å². The van der Waals surface area contributed by atoms with E-state index in [4.69, 9.17) is 4.74 Å². The van der Waals surface area contributed by atoms with Gasteiger partial charge in [-0.2, -0.15) is 0 Å². The monoisotopic (exact) mass is 438 g/mol. The first-order valence-electron chi connectivity index (χ1n) is 10.1. The van der Waals surface area contributed by atoms with E-state index in [9.17, 15) is 14.0 Å². The zero-order chi connectivity index (χ0) is 22.7. The minimum atomic E-state index is -0.529. The van der Waals surface area contributed by atoms with Gasteiger partial charge in [-0.15, -0.1) is 0 Å². The molecular formula is C22H23FN6O3. The molecule has 1 atom stereocenters. The van der Waals surface area contributed by atoms with Crippen molar-refractivity contribution in [2.75, 3.05) is 38.7 Å². The van der Waals surface area contributed by atoms with Crippen molar-refractivity contribution in [3.8, 4) is 11.1 Å². The summed E-state index contributed by atoms with van der Waals surface area (Å²) in [5.41, 5.74) is 1.35. The van der Waals surface area contributed by atoms with Crippen LogP contribution in [0.3, 0.4) is 0 Å². The van der Waals surface area contributed by atoms with E-state index in [0.29, 0.717) is 35.9 Å². The van der Waals surface area contributed by atoms with Gasteiger partial charge >= 0.3 is 5.69 Å². The maximum Gasteiger partial charge on any atom is 0.347 e. The third-order valence-corrected chi connectivity index (χ3v) is 5.15. The number of halogens is 1. The predicted octanol–water partition coefficient (Wildman–Crippen LogP) is 1.51. The van der Waals surface area contributed by atoms with Crippen LogP contribution in [0.2, 0.25) is 0 Å². The number of amides is 1. The van der Waals surface area contributed by atoms with E-state index in [1.807, 2.05) is 14.1 Å². The van der Waals surface area contributed by atoms with Crippen LogP contribution in [0.4, 0.5) is 10.3 Å². The van der Waals surface area contributed by atoms with Crippen molar-refractivity contribution >= 4 is 11.9 Å². The molecule has 3 heterocycles. The van der Waals surface area contributed by atoms with Gasteiger partial charge in [-0.05, 0) is 23.8 Å². The van der Waals surface area contributed by atoms with E-state index in [1.165, 1.54) is 29.1 Å². The lowest BCUT2D eigenvalue weighted by Crippen LogP contribution is -2.45. The fourth-order valence-corrected chi connectivity index (χ4v) is 3.52. The van der Waals surface area contributed by atoms with Gasteiger partial charge in [0.1, 0.15) is 18.5 Å². The number of hydrogen-bond acceptors (Lipinski definition) is 7. The Kier molecular flexibility index (Phi) is 6.22. The SMILES string of the molecule is CN(C)c1ncc(-c2cccc(F)c2)c([C@@H]2CN(C(=O)Cn3cccnc3=O)CCO2)n1. The van der Waals surface area contributed by atoms with Gasteiger partial charge in [-0.25, -0.2) is 24.1 Å². The van der Waals surface area contributed by atoms with Crippen molar-refractivity contribution in [3.63, 3.8) is 0 Å². The molecule has 0 unspecified atom stereocenters. The highest BCUT2D eigenvalue weighted by atomic mass is 19.1. The normalized spacial score (nSPS) is 16.1. The molecule has 32 heavy (non-hydrogen) atoms. The molecule has 0 aliphatic carbocycles. The standard InChI is InChI=1S/C22H23FN6O3/c1-27(2)21-25-12-17(15-5-3-6-16(23)11-15)20(26-21)18-13-28(9-10-32-18)19(30)14-29-8-4-7-24-22(29)31/h3-8,11-12,18H,9-10,13-14H2,1-2H3/t18-/m0/s1. The second-order valence-corrected chi connectivity index (χ2v) is 7.60. The molecule has 0 saturated carbocycles. The summed E-state index contributed by atoms with van der Waals surface area (Å²) in [5.74, 6) is -0.106. The van der Waals surface area contributed by atoms with Gasteiger partial charge in [0.05, 0.1) is 18.8 Å². The molecule has 4 rings (SSSR count). The summed E-state index contributed by atoms with van der Waals surface area (Å²) in [5, 5.41) is 0. The summed E-state index contributed by atoms with van der Waals surface area (Å²) < 4.78 is 21.1. The third kappa shape index (κ3) is 4.65. The highest BCUT2D eigenvalue weighted by Crippen LogP contribution is 2.32. The number of benzene rings is 1. The maximum atomic E-state index is 13.9. The molecule has 0 radical (unpaired) electrons. The summed E-state index contributed by atoms with van der Waals surface area (Å²) in [6.07, 6.45) is 4.03. The Labute approximate surface area is 184 Å². The zero-order valence-corrected chi connectivity index (χ0v) is 17.8. The molecule has 1 aromatic carbocycles. The fraction of sp³-hybridized carbons (Fsp3) is 0.318. The van der Waals surface area contributed by atoms with Crippen LogP contribution in [0.5, 0.6) is 0 Å². The molecule has 0 bridgehead atoms. The van der Waals surface area contributed by atoms with Crippen LogP contribution in [0.25, 0.3) is 11.1 Å². The van der Waals surface area contributed by atoms with E-state index < -0.39 is 11.8 Å². The minimum Gasteiger partial charge on any atom is -0.368 e. The van der Waals surface area contributed by atoms with E-state index in [0.717, 1.165) is 0 Å². The molecule has 166 valence electrons. The molecule has 1 aliphatic heterocycles. The van der Waals surface area contributed by atoms with Crippen LogP contribution in [-0.2, 0) is 16.1 Å². The summed E-state index contributed by atoms with van der Waals surface area (Å²) >= 11 is 0. The van der Waals surface area contributed by atoms with E-state index >= 15 is 0 Å². The molecule has 10 heteroatoms. The van der Waals surface area contributed by atoms with E-state index in [2.05, 4.69) is 15.0 Å².